The molecule has 0 aliphatic carbocycles. The van der Waals surface area contributed by atoms with Gasteiger partial charge in [0.25, 0.3) is 0 Å². The quantitative estimate of drug-likeness (QED) is 0.734. The topological polar surface area (TPSA) is 58.2 Å². The molecule has 24 heavy (non-hydrogen) atoms. The van der Waals surface area contributed by atoms with E-state index in [-0.39, 0.29) is 17.4 Å². The van der Waals surface area contributed by atoms with Crippen LogP contribution in [0.25, 0.3) is 0 Å². The van der Waals surface area contributed by atoms with E-state index in [0.29, 0.717) is 13.0 Å². The fourth-order valence-corrected chi connectivity index (χ4v) is 2.63. The van der Waals surface area contributed by atoms with E-state index in [0.717, 1.165) is 11.1 Å². The predicted octanol–water partition coefficient (Wildman–Crippen LogP) is 2.97. The lowest BCUT2D eigenvalue weighted by Crippen LogP contribution is -2.36. The van der Waals surface area contributed by atoms with Gasteiger partial charge in [0.15, 0.2) is 0 Å². The van der Waals surface area contributed by atoms with E-state index in [9.17, 15) is 9.59 Å². The van der Waals surface area contributed by atoms with E-state index in [4.69, 9.17) is 0 Å². The minimum atomic E-state index is -0.334. The van der Waals surface area contributed by atoms with Gasteiger partial charge in [0, 0.05) is 13.0 Å². The normalized spacial score (nSPS) is 11.1. The van der Waals surface area contributed by atoms with Gasteiger partial charge in [-0.15, -0.1) is 0 Å². The van der Waals surface area contributed by atoms with Crippen molar-refractivity contribution in [1.82, 2.24) is 10.6 Å². The molecule has 2 aromatic carbocycles. The summed E-state index contributed by atoms with van der Waals surface area (Å²) in [5, 5.41) is 5.64. The number of carbonyl (C=O) groups excluding carboxylic acids is 2. The second-order valence-electron chi connectivity index (χ2n) is 6.62. The van der Waals surface area contributed by atoms with Crippen LogP contribution in [0.1, 0.15) is 37.4 Å². The summed E-state index contributed by atoms with van der Waals surface area (Å²) in [7, 11) is 0. The lowest BCUT2D eigenvalue weighted by molar-refractivity contribution is -0.123. The number of rotatable bonds is 8. The van der Waals surface area contributed by atoms with E-state index in [1.54, 1.807) is 6.41 Å². The highest BCUT2D eigenvalue weighted by Crippen LogP contribution is 2.24. The van der Waals surface area contributed by atoms with E-state index in [1.807, 2.05) is 74.5 Å². The molecule has 0 spiro atoms. The SMILES string of the molecule is CC(C)(CN[C]=O)CC(=O)NC(c1ccccc1)c1ccccc1. The summed E-state index contributed by atoms with van der Waals surface area (Å²) in [6, 6.07) is 19.6. The van der Waals surface area contributed by atoms with Gasteiger partial charge in [0.1, 0.15) is 0 Å². The van der Waals surface area contributed by atoms with Crippen molar-refractivity contribution in [3.8, 4) is 0 Å². The van der Waals surface area contributed by atoms with Crippen LogP contribution >= 0.6 is 0 Å². The van der Waals surface area contributed by atoms with E-state index in [2.05, 4.69) is 10.6 Å². The van der Waals surface area contributed by atoms with Crippen molar-refractivity contribution in [3.63, 3.8) is 0 Å². The number of hydrogen-bond donors (Lipinski definition) is 2. The molecule has 2 aromatic rings. The fraction of sp³-hybridized carbons (Fsp3) is 0.300. The Kier molecular flexibility index (Phi) is 6.13. The van der Waals surface area contributed by atoms with Crippen LogP contribution in [0, 0.1) is 5.41 Å². The molecule has 0 saturated heterocycles. The Hall–Kier alpha value is -2.62. The summed E-state index contributed by atoms with van der Waals surface area (Å²) in [6.45, 7) is 4.29. The summed E-state index contributed by atoms with van der Waals surface area (Å²) >= 11 is 0. The zero-order valence-corrected chi connectivity index (χ0v) is 14.1. The summed E-state index contributed by atoms with van der Waals surface area (Å²) < 4.78 is 0. The molecule has 0 unspecified atom stereocenters. The lowest BCUT2D eigenvalue weighted by atomic mass is 9.88. The Morgan fingerprint density at radius 3 is 1.96 bits per heavy atom. The monoisotopic (exact) mass is 323 g/mol. The molecule has 0 aliphatic rings. The molecular weight excluding hydrogens is 300 g/mol. The van der Waals surface area contributed by atoms with Gasteiger partial charge in [0.05, 0.1) is 6.04 Å². The Morgan fingerprint density at radius 2 is 1.50 bits per heavy atom. The van der Waals surface area contributed by atoms with Gasteiger partial charge < -0.3 is 10.6 Å². The Labute approximate surface area is 143 Å². The third-order valence-electron chi connectivity index (χ3n) is 3.85. The van der Waals surface area contributed by atoms with Gasteiger partial charge in [-0.1, -0.05) is 74.5 Å². The van der Waals surface area contributed by atoms with Crippen LogP contribution in [0.2, 0.25) is 0 Å². The number of nitrogens with one attached hydrogen (secondary N) is 2. The van der Waals surface area contributed by atoms with Crippen LogP contribution in [0.15, 0.2) is 60.7 Å². The molecular formula is C20H23N2O2. The second-order valence-corrected chi connectivity index (χ2v) is 6.62. The largest absolute Gasteiger partial charge is 0.347 e. The summed E-state index contributed by atoms with van der Waals surface area (Å²) in [6.07, 6.45) is 1.98. The van der Waals surface area contributed by atoms with Crippen LogP contribution in [-0.2, 0) is 9.59 Å². The molecule has 0 bridgehead atoms. The number of carbonyl (C=O) groups is 1. The molecule has 2 N–H and O–H groups in total. The molecule has 0 aliphatic heterocycles. The maximum absolute atomic E-state index is 12.5. The van der Waals surface area contributed by atoms with Crippen LogP contribution in [0.3, 0.4) is 0 Å². The first-order valence-corrected chi connectivity index (χ1v) is 8.01. The maximum Gasteiger partial charge on any atom is 0.309 e. The smallest absolute Gasteiger partial charge is 0.309 e. The van der Waals surface area contributed by atoms with Crippen molar-refractivity contribution in [3.05, 3.63) is 71.8 Å². The van der Waals surface area contributed by atoms with E-state index >= 15 is 0 Å². The number of hydrogen-bond acceptors (Lipinski definition) is 2. The second kappa shape index (κ2) is 8.29. The van der Waals surface area contributed by atoms with Gasteiger partial charge in [-0.05, 0) is 16.5 Å². The first kappa shape index (κ1) is 17.7. The van der Waals surface area contributed by atoms with Crippen molar-refractivity contribution in [2.24, 2.45) is 5.41 Å². The molecule has 4 heteroatoms. The van der Waals surface area contributed by atoms with Crippen molar-refractivity contribution >= 4 is 12.3 Å². The standard InChI is InChI=1S/C20H23N2O2/c1-20(2,14-21-15-23)13-18(24)22-19(16-9-5-3-6-10-16)17-11-7-4-8-12-17/h3-12,19H,13-14H2,1-2H3,(H,21,23)(H,22,24). The van der Waals surface area contributed by atoms with Crippen molar-refractivity contribution in [1.29, 1.82) is 0 Å². The van der Waals surface area contributed by atoms with Gasteiger partial charge in [-0.2, -0.15) is 0 Å². The minimum Gasteiger partial charge on any atom is -0.347 e. The van der Waals surface area contributed by atoms with Crippen LogP contribution in [-0.4, -0.2) is 18.9 Å². The molecule has 1 radical (unpaired) electrons. The van der Waals surface area contributed by atoms with E-state index < -0.39 is 0 Å². The Balaban J connectivity index is 2.14. The molecule has 0 heterocycles. The zero-order chi connectivity index (χ0) is 17.4. The fourth-order valence-electron chi connectivity index (χ4n) is 2.63. The molecule has 0 atom stereocenters. The first-order valence-electron chi connectivity index (χ1n) is 8.01. The molecule has 4 nitrogen and oxygen atoms in total. The van der Waals surface area contributed by atoms with Crippen molar-refractivity contribution in [2.75, 3.05) is 6.54 Å². The first-order chi connectivity index (χ1) is 11.5. The van der Waals surface area contributed by atoms with Crippen molar-refractivity contribution < 1.29 is 9.59 Å². The third-order valence-corrected chi connectivity index (χ3v) is 3.85. The molecule has 2 rings (SSSR count). The van der Waals surface area contributed by atoms with Gasteiger partial charge >= 0.3 is 6.41 Å². The van der Waals surface area contributed by atoms with Crippen LogP contribution in [0.5, 0.6) is 0 Å². The molecule has 2 amide bonds. The summed E-state index contributed by atoms with van der Waals surface area (Å²) in [4.78, 5) is 22.9. The average molecular weight is 323 g/mol. The van der Waals surface area contributed by atoms with Crippen molar-refractivity contribution in [2.45, 2.75) is 26.3 Å². The minimum absolute atomic E-state index is 0.0506. The summed E-state index contributed by atoms with van der Waals surface area (Å²) in [5.41, 5.74) is 1.74. The highest BCUT2D eigenvalue weighted by Gasteiger charge is 2.24. The number of benzene rings is 2. The van der Waals surface area contributed by atoms with Gasteiger partial charge in [0.2, 0.25) is 5.91 Å². The van der Waals surface area contributed by atoms with Crippen LogP contribution in [0.4, 0.5) is 0 Å². The highest BCUT2D eigenvalue weighted by molar-refractivity contribution is 5.77. The predicted molar refractivity (Wildman–Crippen MR) is 95.0 cm³/mol. The molecule has 125 valence electrons. The van der Waals surface area contributed by atoms with Gasteiger partial charge in [-0.3, -0.25) is 9.59 Å². The Bertz CT molecular complexity index is 614. The maximum atomic E-state index is 12.5. The third kappa shape index (κ3) is 5.23. The lowest BCUT2D eigenvalue weighted by Gasteiger charge is -2.26. The highest BCUT2D eigenvalue weighted by atomic mass is 16.1. The number of amides is 2. The average Bonchev–Trinajstić information content (AvgIpc) is 2.59. The van der Waals surface area contributed by atoms with Gasteiger partial charge in [-0.25, -0.2) is 0 Å². The molecule has 0 aromatic heterocycles. The van der Waals surface area contributed by atoms with Crippen LogP contribution < -0.4 is 10.6 Å². The molecule has 0 fully saturated rings. The summed E-state index contributed by atoms with van der Waals surface area (Å²) in [5.74, 6) is -0.0506. The zero-order valence-electron chi connectivity index (χ0n) is 14.1. The van der Waals surface area contributed by atoms with E-state index in [1.165, 1.54) is 0 Å². The Morgan fingerprint density at radius 1 is 1.00 bits per heavy atom. The molecule has 0 saturated carbocycles.